The Labute approximate surface area is 210 Å². The first-order valence-corrected chi connectivity index (χ1v) is 13.4. The molecule has 0 unspecified atom stereocenters. The van der Waals surface area contributed by atoms with Crippen molar-refractivity contribution in [1.82, 2.24) is 14.4 Å². The van der Waals surface area contributed by atoms with Crippen molar-refractivity contribution in [3.63, 3.8) is 0 Å². The molecule has 0 atom stereocenters. The topological polar surface area (TPSA) is 103 Å². The fraction of sp³-hybridized carbons (Fsp3) is 0.0385. The number of imidazole rings is 1. The summed E-state index contributed by atoms with van der Waals surface area (Å²) in [5, 5.41) is 6.10. The van der Waals surface area contributed by atoms with Crippen molar-refractivity contribution in [2.75, 3.05) is 5.75 Å². The smallest absolute Gasteiger partial charge is 0.275 e. The number of amides is 1. The maximum absolute atomic E-state index is 13.9. The number of carbonyl (C=O) groups is 1. The molecule has 4 aromatic carbocycles. The van der Waals surface area contributed by atoms with Gasteiger partial charge in [0, 0.05) is 0 Å². The molecule has 0 spiro atoms. The van der Waals surface area contributed by atoms with Crippen LogP contribution in [0.25, 0.3) is 21.8 Å². The van der Waals surface area contributed by atoms with E-state index in [0.29, 0.717) is 22.3 Å². The van der Waals surface area contributed by atoms with Gasteiger partial charge < -0.3 is 4.74 Å². The van der Waals surface area contributed by atoms with E-state index in [2.05, 4.69) is 15.5 Å². The third-order valence-electron chi connectivity index (χ3n) is 5.72. The zero-order valence-electron chi connectivity index (χ0n) is 18.7. The molecule has 1 aromatic heterocycles. The summed E-state index contributed by atoms with van der Waals surface area (Å²) in [5.74, 6) is 0.367. The van der Waals surface area contributed by atoms with Crippen LogP contribution in [0.1, 0.15) is 10.4 Å². The minimum Gasteiger partial charge on any atom is -0.440 e. The first-order valence-electron chi connectivity index (χ1n) is 11.0. The molecular weight excluding hydrogens is 496 g/mol. The first-order chi connectivity index (χ1) is 17.5. The lowest BCUT2D eigenvalue weighted by Crippen LogP contribution is -2.19. The van der Waals surface area contributed by atoms with Gasteiger partial charge in [0.1, 0.15) is 5.75 Å². The summed E-state index contributed by atoms with van der Waals surface area (Å²) in [6, 6.07) is 26.6. The maximum atomic E-state index is 13.9. The summed E-state index contributed by atoms with van der Waals surface area (Å²) in [7, 11) is -3.98. The standard InChI is InChI=1S/C26H18N4O4S2/c31-25-20-9-3-6-12-23(20)34-24(28-29-25)16-35-26-27-21-10-4-5-11-22(21)30(26)36(32,33)19-14-13-17-7-1-2-8-18(17)15-19/h1-15H,16H2,(H,29,31). The van der Waals surface area contributed by atoms with E-state index in [9.17, 15) is 13.2 Å². The highest BCUT2D eigenvalue weighted by molar-refractivity contribution is 8.00. The number of hydrogen-bond acceptors (Lipinski definition) is 7. The fourth-order valence-electron chi connectivity index (χ4n) is 3.99. The van der Waals surface area contributed by atoms with Crippen molar-refractivity contribution in [2.24, 2.45) is 5.10 Å². The van der Waals surface area contributed by atoms with Crippen LogP contribution in [0.2, 0.25) is 0 Å². The molecule has 8 nitrogen and oxygen atoms in total. The van der Waals surface area contributed by atoms with Crippen molar-refractivity contribution in [2.45, 2.75) is 10.1 Å². The number of ether oxygens (including phenoxy) is 1. The van der Waals surface area contributed by atoms with E-state index in [-0.39, 0.29) is 27.6 Å². The van der Waals surface area contributed by atoms with Crippen molar-refractivity contribution >= 4 is 55.4 Å². The fourth-order valence-corrected chi connectivity index (χ4v) is 6.59. The third-order valence-corrected chi connectivity index (χ3v) is 8.45. The Balaban J connectivity index is 1.38. The van der Waals surface area contributed by atoms with Gasteiger partial charge in [-0.3, -0.25) is 4.79 Å². The molecule has 178 valence electrons. The zero-order chi connectivity index (χ0) is 24.7. The highest BCUT2D eigenvalue weighted by Gasteiger charge is 2.26. The van der Waals surface area contributed by atoms with Gasteiger partial charge in [-0.1, -0.05) is 66.4 Å². The van der Waals surface area contributed by atoms with Gasteiger partial charge in [-0.25, -0.2) is 22.8 Å². The predicted molar refractivity (Wildman–Crippen MR) is 139 cm³/mol. The molecule has 0 fully saturated rings. The second kappa shape index (κ2) is 8.81. The number of rotatable bonds is 5. The number of aromatic nitrogens is 2. The minimum absolute atomic E-state index is 0.144. The maximum Gasteiger partial charge on any atom is 0.275 e. The second-order valence-corrected chi connectivity index (χ2v) is 10.7. The van der Waals surface area contributed by atoms with Gasteiger partial charge in [0.05, 0.1) is 27.2 Å². The normalized spacial score (nSPS) is 13.6. The van der Waals surface area contributed by atoms with E-state index in [0.717, 1.165) is 22.5 Å². The van der Waals surface area contributed by atoms with Crippen LogP contribution in [0.4, 0.5) is 0 Å². The van der Waals surface area contributed by atoms with E-state index in [1.165, 1.54) is 3.97 Å². The van der Waals surface area contributed by atoms with Gasteiger partial charge >= 0.3 is 0 Å². The highest BCUT2D eigenvalue weighted by Crippen LogP contribution is 2.31. The van der Waals surface area contributed by atoms with Gasteiger partial charge in [-0.15, -0.1) is 5.10 Å². The number of thioether (sulfide) groups is 1. The number of hydrazone groups is 1. The molecule has 1 N–H and O–H groups in total. The molecule has 6 rings (SSSR count). The van der Waals surface area contributed by atoms with Crippen molar-refractivity contribution in [1.29, 1.82) is 0 Å². The lowest BCUT2D eigenvalue weighted by Gasteiger charge is -2.12. The predicted octanol–water partition coefficient (Wildman–Crippen LogP) is 4.65. The van der Waals surface area contributed by atoms with Gasteiger partial charge in [-0.2, -0.15) is 0 Å². The van der Waals surface area contributed by atoms with Crippen LogP contribution in [-0.2, 0) is 10.0 Å². The number of benzene rings is 4. The Morgan fingerprint density at radius 3 is 2.53 bits per heavy atom. The van der Waals surface area contributed by atoms with E-state index in [4.69, 9.17) is 4.74 Å². The molecule has 10 heteroatoms. The Hall–Kier alpha value is -4.15. The summed E-state index contributed by atoms with van der Waals surface area (Å²) in [5.41, 5.74) is 3.85. The van der Waals surface area contributed by atoms with E-state index < -0.39 is 10.0 Å². The average Bonchev–Trinajstić information content (AvgIpc) is 3.21. The van der Waals surface area contributed by atoms with Crippen LogP contribution < -0.4 is 10.2 Å². The summed E-state index contributed by atoms with van der Waals surface area (Å²) in [4.78, 5) is 17.0. The monoisotopic (exact) mass is 514 g/mol. The van der Waals surface area contributed by atoms with Crippen LogP contribution >= 0.6 is 11.8 Å². The molecule has 36 heavy (non-hydrogen) atoms. The average molecular weight is 515 g/mol. The molecule has 0 bridgehead atoms. The summed E-state index contributed by atoms with van der Waals surface area (Å²) in [6.45, 7) is 0. The van der Waals surface area contributed by atoms with Gasteiger partial charge in [0.25, 0.3) is 15.9 Å². The minimum atomic E-state index is -3.98. The molecule has 5 aromatic rings. The van der Waals surface area contributed by atoms with Crippen molar-refractivity contribution in [3.8, 4) is 5.75 Å². The van der Waals surface area contributed by atoms with Crippen LogP contribution in [-0.4, -0.2) is 34.9 Å². The summed E-state index contributed by atoms with van der Waals surface area (Å²) in [6.07, 6.45) is 0. The SMILES string of the molecule is O=C1NN=C(CSc2nc3ccccc3n2S(=O)(=O)c2ccc3ccccc3c2)Oc2ccccc21. The highest BCUT2D eigenvalue weighted by atomic mass is 32.2. The number of carbonyl (C=O) groups excluding carboxylic acids is 1. The van der Waals surface area contributed by atoms with Crippen LogP contribution in [0, 0.1) is 0 Å². The summed E-state index contributed by atoms with van der Waals surface area (Å²) >= 11 is 1.16. The van der Waals surface area contributed by atoms with Crippen LogP contribution in [0.3, 0.4) is 0 Å². The molecule has 0 aliphatic carbocycles. The number of fused-ring (bicyclic) bond motifs is 3. The van der Waals surface area contributed by atoms with E-state index in [1.807, 2.05) is 30.3 Å². The lowest BCUT2D eigenvalue weighted by molar-refractivity contribution is 0.0955. The molecule has 2 heterocycles. The quantitative estimate of drug-likeness (QED) is 0.343. The van der Waals surface area contributed by atoms with Gasteiger partial charge in [0.15, 0.2) is 5.16 Å². The van der Waals surface area contributed by atoms with E-state index >= 15 is 0 Å². The van der Waals surface area contributed by atoms with Crippen LogP contribution in [0.15, 0.2) is 106 Å². The molecule has 0 saturated carbocycles. The van der Waals surface area contributed by atoms with Crippen molar-refractivity contribution in [3.05, 3.63) is 96.6 Å². The third kappa shape index (κ3) is 3.90. The Morgan fingerprint density at radius 1 is 0.889 bits per heavy atom. The summed E-state index contributed by atoms with van der Waals surface area (Å²) < 4.78 is 34.8. The van der Waals surface area contributed by atoms with E-state index in [1.54, 1.807) is 60.7 Å². The second-order valence-electron chi connectivity index (χ2n) is 7.99. The number of hydrogen-bond donors (Lipinski definition) is 1. The lowest BCUT2D eigenvalue weighted by atomic mass is 10.1. The number of nitrogens with one attached hydrogen (secondary N) is 1. The first kappa shape index (κ1) is 22.3. The largest absolute Gasteiger partial charge is 0.440 e. The Kier molecular flexibility index (Phi) is 5.46. The van der Waals surface area contributed by atoms with Crippen molar-refractivity contribution < 1.29 is 17.9 Å². The number of para-hydroxylation sites is 3. The molecule has 1 amide bonds. The molecular formula is C26H18N4O4S2. The molecule has 1 aliphatic rings. The number of nitrogens with zero attached hydrogens (tertiary/aromatic N) is 3. The zero-order valence-corrected chi connectivity index (χ0v) is 20.3. The van der Waals surface area contributed by atoms with Crippen LogP contribution in [0.5, 0.6) is 5.75 Å². The molecule has 0 saturated heterocycles. The molecule has 1 aliphatic heterocycles. The van der Waals surface area contributed by atoms with Gasteiger partial charge in [-0.05, 0) is 47.2 Å². The Bertz CT molecular complexity index is 1790. The van der Waals surface area contributed by atoms with Gasteiger partial charge in [0.2, 0.25) is 5.90 Å². The molecule has 0 radical (unpaired) electrons. The Morgan fingerprint density at radius 2 is 1.64 bits per heavy atom.